The van der Waals surface area contributed by atoms with E-state index >= 15 is 0 Å². The molecule has 1 aromatic heterocycles. The summed E-state index contributed by atoms with van der Waals surface area (Å²) in [4.78, 5) is 15.1. The van der Waals surface area contributed by atoms with Gasteiger partial charge < -0.3 is 14.9 Å². The van der Waals surface area contributed by atoms with E-state index in [2.05, 4.69) is 34.1 Å². The maximum absolute atomic E-state index is 10.7. The van der Waals surface area contributed by atoms with Crippen LogP contribution in [0.3, 0.4) is 0 Å². The number of hydrogen-bond donors (Lipinski definition) is 1. The summed E-state index contributed by atoms with van der Waals surface area (Å²) in [5.41, 5.74) is -0.0121. The maximum atomic E-state index is 10.7. The van der Waals surface area contributed by atoms with Crippen LogP contribution in [-0.2, 0) is 0 Å². The molecular weight excluding hydrogens is 232 g/mol. The van der Waals surface area contributed by atoms with E-state index in [9.17, 15) is 4.79 Å². The minimum Gasteiger partial charge on any atom is -0.476 e. The lowest BCUT2D eigenvalue weighted by Crippen LogP contribution is -2.42. The van der Waals surface area contributed by atoms with Gasteiger partial charge >= 0.3 is 5.97 Å². The molecule has 98 valence electrons. The molecule has 0 aromatic carbocycles. The van der Waals surface area contributed by atoms with Crippen LogP contribution in [0.15, 0.2) is 12.1 Å². The van der Waals surface area contributed by atoms with Crippen molar-refractivity contribution in [3.8, 4) is 0 Å². The lowest BCUT2D eigenvalue weighted by Gasteiger charge is -2.35. The van der Waals surface area contributed by atoms with Gasteiger partial charge in [0, 0.05) is 19.1 Å². The summed E-state index contributed by atoms with van der Waals surface area (Å²) in [6, 6.07) is 3.85. The van der Waals surface area contributed by atoms with Crippen molar-refractivity contribution in [1.82, 2.24) is 15.1 Å². The van der Waals surface area contributed by atoms with Gasteiger partial charge in [-0.3, -0.25) is 0 Å². The van der Waals surface area contributed by atoms with Crippen LogP contribution in [0.1, 0.15) is 23.3 Å². The number of aromatic nitrogens is 2. The number of aromatic carboxylic acids is 1. The van der Waals surface area contributed by atoms with E-state index in [0.29, 0.717) is 6.04 Å². The van der Waals surface area contributed by atoms with E-state index in [1.807, 2.05) is 0 Å². The summed E-state index contributed by atoms with van der Waals surface area (Å²) in [6.45, 7) is 1.87. The number of piperidine rings is 1. The normalized spacial score (nSPS) is 17.2. The number of nitrogens with zero attached hydrogens (tertiary/aromatic N) is 4. The standard InChI is InChI=1S/C12H18N4O2/c1-15(2)9-5-7-16(8-6-9)11-4-3-10(12(17)18)13-14-11/h3-4,9H,5-8H2,1-2H3,(H,17,18). The third-order valence-corrected chi connectivity index (χ3v) is 3.39. The highest BCUT2D eigenvalue weighted by Crippen LogP contribution is 2.19. The van der Waals surface area contributed by atoms with Gasteiger partial charge in [-0.1, -0.05) is 0 Å². The third-order valence-electron chi connectivity index (χ3n) is 3.39. The van der Waals surface area contributed by atoms with Crippen LogP contribution >= 0.6 is 0 Å². The van der Waals surface area contributed by atoms with Crippen molar-refractivity contribution < 1.29 is 9.90 Å². The Morgan fingerprint density at radius 3 is 2.44 bits per heavy atom. The van der Waals surface area contributed by atoms with Crippen LogP contribution in [0.4, 0.5) is 5.82 Å². The third kappa shape index (κ3) is 2.76. The Hall–Kier alpha value is -1.69. The summed E-state index contributed by atoms with van der Waals surface area (Å²) in [7, 11) is 4.20. The fourth-order valence-electron chi connectivity index (χ4n) is 2.22. The quantitative estimate of drug-likeness (QED) is 0.852. The smallest absolute Gasteiger partial charge is 0.356 e. The van der Waals surface area contributed by atoms with Crippen molar-refractivity contribution in [3.05, 3.63) is 17.8 Å². The van der Waals surface area contributed by atoms with Gasteiger partial charge in [0.25, 0.3) is 0 Å². The van der Waals surface area contributed by atoms with E-state index in [-0.39, 0.29) is 5.69 Å². The Bertz CT molecular complexity index is 411. The number of carboxylic acids is 1. The first kappa shape index (κ1) is 12.8. The van der Waals surface area contributed by atoms with Gasteiger partial charge in [-0.15, -0.1) is 10.2 Å². The molecule has 0 radical (unpaired) electrons. The molecule has 6 nitrogen and oxygen atoms in total. The molecule has 0 aliphatic carbocycles. The monoisotopic (exact) mass is 250 g/mol. The van der Waals surface area contributed by atoms with Gasteiger partial charge in [0.05, 0.1) is 0 Å². The first-order chi connectivity index (χ1) is 8.58. The van der Waals surface area contributed by atoms with Crippen LogP contribution in [0, 0.1) is 0 Å². The zero-order valence-electron chi connectivity index (χ0n) is 10.7. The molecule has 2 rings (SSSR count). The number of anilines is 1. The van der Waals surface area contributed by atoms with Crippen LogP contribution < -0.4 is 4.90 Å². The minimum atomic E-state index is -1.04. The molecule has 6 heteroatoms. The predicted octanol–water partition coefficient (Wildman–Crippen LogP) is 0.705. The van der Waals surface area contributed by atoms with Crippen LogP contribution in [0.25, 0.3) is 0 Å². The van der Waals surface area contributed by atoms with Gasteiger partial charge in [0.1, 0.15) is 0 Å². The predicted molar refractivity (Wildman–Crippen MR) is 67.9 cm³/mol. The SMILES string of the molecule is CN(C)C1CCN(c2ccc(C(=O)O)nn2)CC1. The Labute approximate surface area is 106 Å². The zero-order chi connectivity index (χ0) is 13.1. The van der Waals surface area contributed by atoms with Crippen molar-refractivity contribution in [2.45, 2.75) is 18.9 Å². The van der Waals surface area contributed by atoms with Crippen LogP contribution in [0.5, 0.6) is 0 Å². The number of carbonyl (C=O) groups is 1. The van der Waals surface area contributed by atoms with E-state index < -0.39 is 5.97 Å². The summed E-state index contributed by atoms with van der Waals surface area (Å²) >= 11 is 0. The summed E-state index contributed by atoms with van der Waals surface area (Å²) in [6.07, 6.45) is 2.19. The van der Waals surface area contributed by atoms with Gasteiger partial charge in [-0.05, 0) is 39.1 Å². The van der Waals surface area contributed by atoms with E-state index in [1.54, 1.807) is 6.07 Å². The Balaban J connectivity index is 1.99. The fourth-order valence-corrected chi connectivity index (χ4v) is 2.22. The average molecular weight is 250 g/mol. The van der Waals surface area contributed by atoms with Crippen LogP contribution in [-0.4, -0.2) is 59.4 Å². The van der Waals surface area contributed by atoms with E-state index in [4.69, 9.17) is 5.11 Å². The van der Waals surface area contributed by atoms with Crippen LogP contribution in [0.2, 0.25) is 0 Å². The van der Waals surface area contributed by atoms with Crippen molar-refractivity contribution in [3.63, 3.8) is 0 Å². The summed E-state index contributed by atoms with van der Waals surface area (Å²) in [5, 5.41) is 16.4. The summed E-state index contributed by atoms with van der Waals surface area (Å²) in [5.74, 6) is -0.280. The Morgan fingerprint density at radius 1 is 1.33 bits per heavy atom. The molecule has 18 heavy (non-hydrogen) atoms. The number of carboxylic acid groups (broad SMARTS) is 1. The number of rotatable bonds is 3. The molecule has 0 unspecified atom stereocenters. The second-order valence-corrected chi connectivity index (χ2v) is 4.76. The van der Waals surface area contributed by atoms with Crippen molar-refractivity contribution in [2.24, 2.45) is 0 Å². The highest BCUT2D eigenvalue weighted by atomic mass is 16.4. The van der Waals surface area contributed by atoms with Gasteiger partial charge in [0.15, 0.2) is 11.5 Å². The van der Waals surface area contributed by atoms with Crippen molar-refractivity contribution in [1.29, 1.82) is 0 Å². The molecule has 0 amide bonds. The maximum Gasteiger partial charge on any atom is 0.356 e. The topological polar surface area (TPSA) is 69.6 Å². The second kappa shape index (κ2) is 5.30. The first-order valence-electron chi connectivity index (χ1n) is 6.06. The molecule has 0 atom stereocenters. The molecule has 1 N–H and O–H groups in total. The minimum absolute atomic E-state index is 0.0121. The average Bonchev–Trinajstić information content (AvgIpc) is 2.39. The molecule has 0 saturated carbocycles. The highest BCUT2D eigenvalue weighted by Gasteiger charge is 2.21. The zero-order valence-corrected chi connectivity index (χ0v) is 10.7. The first-order valence-corrected chi connectivity index (χ1v) is 6.06. The second-order valence-electron chi connectivity index (χ2n) is 4.76. The van der Waals surface area contributed by atoms with Crippen molar-refractivity contribution >= 4 is 11.8 Å². The molecule has 1 saturated heterocycles. The largest absolute Gasteiger partial charge is 0.476 e. The molecule has 1 aliphatic rings. The fraction of sp³-hybridized carbons (Fsp3) is 0.583. The lowest BCUT2D eigenvalue weighted by atomic mass is 10.0. The Kier molecular flexibility index (Phi) is 3.76. The van der Waals surface area contributed by atoms with Crippen molar-refractivity contribution in [2.75, 3.05) is 32.1 Å². The van der Waals surface area contributed by atoms with Gasteiger partial charge in [0.2, 0.25) is 0 Å². The molecule has 2 heterocycles. The summed E-state index contributed by atoms with van der Waals surface area (Å²) < 4.78 is 0. The molecule has 0 spiro atoms. The lowest BCUT2D eigenvalue weighted by molar-refractivity contribution is 0.0689. The number of hydrogen-bond acceptors (Lipinski definition) is 5. The molecule has 1 aliphatic heterocycles. The Morgan fingerprint density at radius 2 is 2.00 bits per heavy atom. The highest BCUT2D eigenvalue weighted by molar-refractivity contribution is 5.85. The van der Waals surface area contributed by atoms with Gasteiger partial charge in [-0.2, -0.15) is 0 Å². The molecular formula is C12H18N4O2. The molecule has 1 fully saturated rings. The van der Waals surface area contributed by atoms with E-state index in [0.717, 1.165) is 31.7 Å². The molecule has 0 bridgehead atoms. The van der Waals surface area contributed by atoms with E-state index in [1.165, 1.54) is 6.07 Å². The van der Waals surface area contributed by atoms with Gasteiger partial charge in [-0.25, -0.2) is 4.79 Å². The molecule has 1 aromatic rings.